The second-order valence-corrected chi connectivity index (χ2v) is 6.63. The number of carbonyl (C=O) groups excluding carboxylic acids is 2. The van der Waals surface area contributed by atoms with Crippen LogP contribution in [0.2, 0.25) is 0 Å². The quantitative estimate of drug-likeness (QED) is 0.224. The van der Waals surface area contributed by atoms with Crippen molar-refractivity contribution in [1.82, 2.24) is 4.90 Å². The van der Waals surface area contributed by atoms with Crippen molar-refractivity contribution >= 4 is 23.1 Å². The largest absolute Gasteiger partial charge is 0.507 e. The van der Waals surface area contributed by atoms with Gasteiger partial charge < -0.3 is 24.6 Å². The number of hydrogen-bond donors (Lipinski definition) is 2. The Bertz CT molecular complexity index is 1060. The molecule has 1 atom stereocenters. The molecule has 0 aromatic heterocycles. The van der Waals surface area contributed by atoms with E-state index >= 15 is 0 Å². The molecule has 1 saturated heterocycles. The van der Waals surface area contributed by atoms with E-state index in [1.165, 1.54) is 38.5 Å². The first kappa shape index (κ1) is 21.8. The number of ketones is 1. The summed E-state index contributed by atoms with van der Waals surface area (Å²) in [6, 6.07) is 8.74. The number of carbonyl (C=O) groups is 2. The molecule has 1 amide bonds. The van der Waals surface area contributed by atoms with Gasteiger partial charge in [0.15, 0.2) is 11.5 Å². The van der Waals surface area contributed by atoms with Crippen LogP contribution in [0, 0.1) is 10.1 Å². The van der Waals surface area contributed by atoms with Crippen molar-refractivity contribution < 1.29 is 34.2 Å². The molecule has 0 bridgehead atoms. The van der Waals surface area contributed by atoms with E-state index in [0.29, 0.717) is 17.1 Å². The molecule has 10 nitrogen and oxygen atoms in total. The van der Waals surface area contributed by atoms with Gasteiger partial charge in [-0.25, -0.2) is 0 Å². The monoisotopic (exact) mass is 428 g/mol. The third kappa shape index (κ3) is 3.92. The van der Waals surface area contributed by atoms with E-state index in [1.807, 2.05) is 0 Å². The smallest absolute Gasteiger partial charge is 0.295 e. The lowest BCUT2D eigenvalue weighted by atomic mass is 9.95. The van der Waals surface area contributed by atoms with Crippen molar-refractivity contribution in [3.8, 4) is 11.5 Å². The van der Waals surface area contributed by atoms with Crippen LogP contribution in [0.25, 0.3) is 5.76 Å². The second-order valence-electron chi connectivity index (χ2n) is 6.63. The average molecular weight is 428 g/mol. The van der Waals surface area contributed by atoms with E-state index in [-0.39, 0.29) is 23.4 Å². The van der Waals surface area contributed by atoms with Gasteiger partial charge in [-0.2, -0.15) is 0 Å². The zero-order chi connectivity index (χ0) is 22.7. The van der Waals surface area contributed by atoms with Gasteiger partial charge in [0.2, 0.25) is 0 Å². The molecular weight excluding hydrogens is 408 g/mol. The van der Waals surface area contributed by atoms with E-state index in [4.69, 9.17) is 9.47 Å². The van der Waals surface area contributed by atoms with Crippen LogP contribution in [0.1, 0.15) is 17.2 Å². The number of nitro groups is 1. The summed E-state index contributed by atoms with van der Waals surface area (Å²) in [6.45, 7) is -0.533. The number of methoxy groups -OCH3 is 2. The molecule has 3 rings (SSSR count). The van der Waals surface area contributed by atoms with Crippen molar-refractivity contribution in [2.75, 3.05) is 27.4 Å². The van der Waals surface area contributed by atoms with Crippen molar-refractivity contribution in [3.63, 3.8) is 0 Å². The highest BCUT2D eigenvalue weighted by molar-refractivity contribution is 6.46. The van der Waals surface area contributed by atoms with Crippen molar-refractivity contribution in [2.24, 2.45) is 0 Å². The molecule has 162 valence electrons. The number of Topliss-reactive ketones (excluding diaryl/α,β-unsaturated/α-hetero) is 1. The molecule has 2 aromatic carbocycles. The van der Waals surface area contributed by atoms with Crippen LogP contribution in [0.5, 0.6) is 11.5 Å². The summed E-state index contributed by atoms with van der Waals surface area (Å²) in [5.74, 6) is -1.50. The molecule has 0 spiro atoms. The molecule has 10 heteroatoms. The number of amides is 1. The van der Waals surface area contributed by atoms with Gasteiger partial charge >= 0.3 is 0 Å². The fourth-order valence-corrected chi connectivity index (χ4v) is 3.48. The summed E-state index contributed by atoms with van der Waals surface area (Å²) in [4.78, 5) is 36.8. The van der Waals surface area contributed by atoms with Crippen LogP contribution < -0.4 is 9.47 Å². The Labute approximate surface area is 177 Å². The number of benzene rings is 2. The summed E-state index contributed by atoms with van der Waals surface area (Å²) in [5, 5.41) is 31.2. The normalized spacial score (nSPS) is 17.6. The molecule has 1 unspecified atom stereocenters. The highest BCUT2D eigenvalue weighted by Crippen LogP contribution is 2.41. The minimum Gasteiger partial charge on any atom is -0.507 e. The second kappa shape index (κ2) is 8.84. The number of β-amino-alcohol motifs (C(OH)–C–C–N with tert-alkyl or cyclic N) is 1. The Morgan fingerprint density at radius 3 is 2.29 bits per heavy atom. The highest BCUT2D eigenvalue weighted by atomic mass is 16.6. The predicted molar refractivity (Wildman–Crippen MR) is 109 cm³/mol. The minimum atomic E-state index is -0.998. The Morgan fingerprint density at radius 2 is 1.74 bits per heavy atom. The van der Waals surface area contributed by atoms with Crippen LogP contribution in [-0.4, -0.2) is 59.1 Å². The first-order valence-corrected chi connectivity index (χ1v) is 9.20. The molecule has 31 heavy (non-hydrogen) atoms. The Morgan fingerprint density at radius 1 is 1.10 bits per heavy atom. The molecule has 1 fully saturated rings. The number of nitrogens with zero attached hydrogens (tertiary/aromatic N) is 2. The summed E-state index contributed by atoms with van der Waals surface area (Å²) in [6.07, 6.45) is 0. The van der Waals surface area contributed by atoms with Gasteiger partial charge in [-0.05, 0) is 29.8 Å². The third-order valence-corrected chi connectivity index (χ3v) is 4.96. The molecule has 2 N–H and O–H groups in total. The minimum absolute atomic E-state index is 0.137. The maximum Gasteiger partial charge on any atom is 0.295 e. The fraction of sp³-hybridized carbons (Fsp3) is 0.238. The first-order chi connectivity index (χ1) is 14.8. The SMILES string of the molecule is COc1ccc(C2/C(=C(\O)c3ccc([N+](=O)[O-])cc3)C(=O)C(=O)N2CCO)cc1OC. The number of hydrogen-bond acceptors (Lipinski definition) is 8. The van der Waals surface area contributed by atoms with E-state index in [2.05, 4.69) is 0 Å². The van der Waals surface area contributed by atoms with Crippen LogP contribution in [0.3, 0.4) is 0 Å². The lowest BCUT2D eigenvalue weighted by Gasteiger charge is -2.25. The van der Waals surface area contributed by atoms with Crippen LogP contribution >= 0.6 is 0 Å². The number of non-ortho nitro benzene ring substituents is 1. The maximum atomic E-state index is 12.8. The number of likely N-dealkylation sites (tertiary alicyclic amines) is 1. The zero-order valence-corrected chi connectivity index (χ0v) is 16.8. The average Bonchev–Trinajstić information content (AvgIpc) is 3.03. The van der Waals surface area contributed by atoms with Gasteiger partial charge in [-0.1, -0.05) is 6.07 Å². The third-order valence-electron chi connectivity index (χ3n) is 4.96. The van der Waals surface area contributed by atoms with Gasteiger partial charge in [0.1, 0.15) is 5.76 Å². The summed E-state index contributed by atoms with van der Waals surface area (Å²) >= 11 is 0. The van der Waals surface area contributed by atoms with Gasteiger partial charge in [0, 0.05) is 24.2 Å². The summed E-state index contributed by atoms with van der Waals surface area (Å²) in [7, 11) is 2.90. The standard InChI is InChI=1S/C21H20N2O8/c1-30-15-8-5-13(11-16(15)31-2)18-17(20(26)21(27)22(18)9-10-24)19(25)12-3-6-14(7-4-12)23(28)29/h3-8,11,18,24-25H,9-10H2,1-2H3/b19-17+. The zero-order valence-electron chi connectivity index (χ0n) is 16.8. The van der Waals surface area contributed by atoms with Gasteiger partial charge in [0.05, 0.1) is 37.4 Å². The topological polar surface area (TPSA) is 139 Å². The van der Waals surface area contributed by atoms with Crippen LogP contribution in [0.4, 0.5) is 5.69 Å². The summed E-state index contributed by atoms with van der Waals surface area (Å²) in [5.41, 5.74) is 0.208. The van der Waals surface area contributed by atoms with Crippen molar-refractivity contribution in [2.45, 2.75) is 6.04 Å². The molecule has 2 aromatic rings. The van der Waals surface area contributed by atoms with Crippen LogP contribution in [0.15, 0.2) is 48.0 Å². The number of nitro benzene ring substituents is 1. The summed E-state index contributed by atoms with van der Waals surface area (Å²) < 4.78 is 10.5. The van der Waals surface area contributed by atoms with Crippen molar-refractivity contribution in [3.05, 3.63) is 69.3 Å². The van der Waals surface area contributed by atoms with Gasteiger partial charge in [0.25, 0.3) is 17.4 Å². The first-order valence-electron chi connectivity index (χ1n) is 9.20. The number of rotatable bonds is 7. The Kier molecular flexibility index (Phi) is 6.21. The molecule has 1 heterocycles. The Balaban J connectivity index is 2.18. The van der Waals surface area contributed by atoms with E-state index < -0.39 is 35.0 Å². The molecular formula is C21H20N2O8. The van der Waals surface area contributed by atoms with Crippen molar-refractivity contribution in [1.29, 1.82) is 0 Å². The lowest BCUT2D eigenvalue weighted by Crippen LogP contribution is -2.32. The molecule has 0 saturated carbocycles. The lowest BCUT2D eigenvalue weighted by molar-refractivity contribution is -0.384. The highest BCUT2D eigenvalue weighted by Gasteiger charge is 2.46. The molecule has 1 aliphatic heterocycles. The molecule has 1 aliphatic rings. The predicted octanol–water partition coefficient (Wildman–Crippen LogP) is 2.03. The molecule has 0 aliphatic carbocycles. The van der Waals surface area contributed by atoms with Crippen LogP contribution in [-0.2, 0) is 9.59 Å². The number of aliphatic hydroxyl groups is 2. The van der Waals surface area contributed by atoms with E-state index in [0.717, 1.165) is 4.90 Å². The fourth-order valence-electron chi connectivity index (χ4n) is 3.48. The Hall–Kier alpha value is -3.92. The number of aliphatic hydroxyl groups excluding tert-OH is 2. The number of ether oxygens (including phenoxy) is 2. The van der Waals surface area contributed by atoms with E-state index in [9.17, 15) is 29.9 Å². The van der Waals surface area contributed by atoms with Gasteiger partial charge in [-0.3, -0.25) is 19.7 Å². The van der Waals surface area contributed by atoms with E-state index in [1.54, 1.807) is 18.2 Å². The maximum absolute atomic E-state index is 12.8. The van der Waals surface area contributed by atoms with Gasteiger partial charge in [-0.15, -0.1) is 0 Å². The molecule has 0 radical (unpaired) electrons.